The first kappa shape index (κ1) is 9.81. The Morgan fingerprint density at radius 3 is 1.91 bits per heavy atom. The topological polar surface area (TPSA) is 61.4 Å². The molecule has 0 radical (unpaired) electrons. The quantitative estimate of drug-likeness (QED) is 0.509. The Morgan fingerprint density at radius 2 is 1.82 bits per heavy atom. The van der Waals surface area contributed by atoms with Crippen LogP contribution in [0.5, 0.6) is 0 Å². The number of hydrogen-bond acceptors (Lipinski definition) is 3. The number of aliphatic carboxylic acids is 1. The van der Waals surface area contributed by atoms with Gasteiger partial charge in [0.25, 0.3) is 0 Å². The number of carbonyl (C=O) groups is 1. The summed E-state index contributed by atoms with van der Waals surface area (Å²) in [5.41, 5.74) is 0.370. The SMILES string of the molecule is CCC(C(=O)O)=C(NC)NC. The number of nitrogens with one attached hydrogen (secondary N) is 2. The lowest BCUT2D eigenvalue weighted by molar-refractivity contribution is -0.132. The van der Waals surface area contributed by atoms with Crippen molar-refractivity contribution < 1.29 is 9.90 Å². The van der Waals surface area contributed by atoms with Crippen molar-refractivity contribution in [3.8, 4) is 0 Å². The van der Waals surface area contributed by atoms with Gasteiger partial charge in [-0.1, -0.05) is 6.92 Å². The number of hydrogen-bond donors (Lipinski definition) is 3. The Morgan fingerprint density at radius 1 is 1.36 bits per heavy atom. The van der Waals surface area contributed by atoms with Crippen LogP contribution < -0.4 is 10.6 Å². The molecule has 0 saturated carbocycles. The van der Waals surface area contributed by atoms with E-state index in [-0.39, 0.29) is 0 Å². The molecule has 64 valence electrons. The Balaban J connectivity index is 4.62. The van der Waals surface area contributed by atoms with Gasteiger partial charge < -0.3 is 15.7 Å². The molecule has 0 heterocycles. The van der Waals surface area contributed by atoms with Crippen LogP contribution >= 0.6 is 0 Å². The van der Waals surface area contributed by atoms with Gasteiger partial charge in [0.1, 0.15) is 5.82 Å². The standard InChI is InChI=1S/C7H14N2O2/c1-4-5(7(10)11)6(8-2)9-3/h8-9H,4H2,1-3H3,(H,10,11). The fourth-order valence-electron chi connectivity index (χ4n) is 0.862. The molecule has 0 unspecified atom stereocenters. The molecule has 0 aromatic rings. The number of carboxylic acid groups (broad SMARTS) is 1. The first-order valence-corrected chi connectivity index (χ1v) is 3.49. The van der Waals surface area contributed by atoms with Gasteiger partial charge >= 0.3 is 5.97 Å². The van der Waals surface area contributed by atoms with E-state index in [0.717, 1.165) is 0 Å². The van der Waals surface area contributed by atoms with Gasteiger partial charge in [-0.3, -0.25) is 0 Å². The highest BCUT2D eigenvalue weighted by molar-refractivity contribution is 5.87. The lowest BCUT2D eigenvalue weighted by Crippen LogP contribution is -2.24. The Bertz CT molecular complexity index is 169. The summed E-state index contributed by atoms with van der Waals surface area (Å²) in [7, 11) is 3.37. The summed E-state index contributed by atoms with van der Waals surface area (Å²) in [5.74, 6) is -0.314. The van der Waals surface area contributed by atoms with Crippen LogP contribution in [0, 0.1) is 0 Å². The first-order chi connectivity index (χ1) is 5.17. The van der Waals surface area contributed by atoms with Crippen LogP contribution in [0.25, 0.3) is 0 Å². The normalized spacial score (nSPS) is 8.64. The fraction of sp³-hybridized carbons (Fsp3) is 0.571. The molecule has 0 aromatic heterocycles. The fourth-order valence-corrected chi connectivity index (χ4v) is 0.862. The molecule has 0 aliphatic carbocycles. The van der Waals surface area contributed by atoms with Crippen LogP contribution in [0.1, 0.15) is 13.3 Å². The molecular formula is C7H14N2O2. The summed E-state index contributed by atoms with van der Waals surface area (Å²) < 4.78 is 0. The largest absolute Gasteiger partial charge is 0.478 e. The maximum Gasteiger partial charge on any atom is 0.335 e. The smallest absolute Gasteiger partial charge is 0.335 e. The van der Waals surface area contributed by atoms with Gasteiger partial charge in [-0.25, -0.2) is 4.79 Å². The zero-order chi connectivity index (χ0) is 8.85. The summed E-state index contributed by atoms with van der Waals surface area (Å²) in [5, 5.41) is 14.2. The summed E-state index contributed by atoms with van der Waals surface area (Å²) in [4.78, 5) is 10.6. The minimum atomic E-state index is -0.883. The third kappa shape index (κ3) is 2.49. The van der Waals surface area contributed by atoms with Crippen molar-refractivity contribution in [1.29, 1.82) is 0 Å². The molecule has 0 aliphatic rings. The van der Waals surface area contributed by atoms with Crippen LogP contribution in [-0.4, -0.2) is 25.2 Å². The lowest BCUT2D eigenvalue weighted by atomic mass is 10.2. The van der Waals surface area contributed by atoms with Crippen molar-refractivity contribution in [3.05, 3.63) is 11.4 Å². The van der Waals surface area contributed by atoms with E-state index in [1.165, 1.54) is 0 Å². The van der Waals surface area contributed by atoms with Crippen molar-refractivity contribution in [2.45, 2.75) is 13.3 Å². The van der Waals surface area contributed by atoms with E-state index in [1.807, 2.05) is 0 Å². The molecule has 11 heavy (non-hydrogen) atoms. The van der Waals surface area contributed by atoms with Crippen LogP contribution in [0.3, 0.4) is 0 Å². The van der Waals surface area contributed by atoms with Crippen LogP contribution in [0.2, 0.25) is 0 Å². The predicted molar refractivity (Wildman–Crippen MR) is 43.1 cm³/mol. The molecule has 0 amide bonds. The second-order valence-corrected chi connectivity index (χ2v) is 2.01. The average molecular weight is 158 g/mol. The molecule has 0 fully saturated rings. The highest BCUT2D eigenvalue weighted by Crippen LogP contribution is 2.02. The van der Waals surface area contributed by atoms with E-state index in [1.54, 1.807) is 21.0 Å². The van der Waals surface area contributed by atoms with E-state index in [2.05, 4.69) is 10.6 Å². The molecule has 0 bridgehead atoms. The van der Waals surface area contributed by atoms with Gasteiger partial charge in [0.2, 0.25) is 0 Å². The highest BCUT2D eigenvalue weighted by Gasteiger charge is 2.09. The van der Waals surface area contributed by atoms with Gasteiger partial charge in [0.15, 0.2) is 0 Å². The number of rotatable bonds is 4. The highest BCUT2D eigenvalue weighted by atomic mass is 16.4. The van der Waals surface area contributed by atoms with Crippen molar-refractivity contribution in [2.75, 3.05) is 14.1 Å². The lowest BCUT2D eigenvalue weighted by Gasteiger charge is -2.08. The summed E-state index contributed by atoms with van der Waals surface area (Å²) >= 11 is 0. The Kier molecular flexibility index (Phi) is 4.10. The minimum Gasteiger partial charge on any atom is -0.478 e. The maximum atomic E-state index is 10.6. The summed E-state index contributed by atoms with van der Waals surface area (Å²) in [6.07, 6.45) is 0.506. The molecule has 0 atom stereocenters. The zero-order valence-electron chi connectivity index (χ0n) is 7.06. The molecule has 0 saturated heterocycles. The van der Waals surface area contributed by atoms with Crippen molar-refractivity contribution in [2.24, 2.45) is 0 Å². The van der Waals surface area contributed by atoms with Crippen LogP contribution in [0.4, 0.5) is 0 Å². The van der Waals surface area contributed by atoms with E-state index in [9.17, 15) is 4.79 Å². The predicted octanol–water partition coefficient (Wildman–Crippen LogP) is 0.131. The number of carboxylic acids is 1. The molecule has 0 aromatic carbocycles. The van der Waals surface area contributed by atoms with E-state index >= 15 is 0 Å². The van der Waals surface area contributed by atoms with Gasteiger partial charge in [-0.15, -0.1) is 0 Å². The second-order valence-electron chi connectivity index (χ2n) is 2.01. The molecule has 0 spiro atoms. The van der Waals surface area contributed by atoms with E-state index in [4.69, 9.17) is 5.11 Å². The molecule has 4 heteroatoms. The third-order valence-corrected chi connectivity index (χ3v) is 1.41. The molecular weight excluding hydrogens is 144 g/mol. The minimum absolute atomic E-state index is 0.370. The van der Waals surface area contributed by atoms with Gasteiger partial charge in [0, 0.05) is 14.1 Å². The van der Waals surface area contributed by atoms with Crippen LogP contribution in [0.15, 0.2) is 11.4 Å². The second kappa shape index (κ2) is 4.60. The zero-order valence-corrected chi connectivity index (χ0v) is 7.06. The van der Waals surface area contributed by atoms with Crippen molar-refractivity contribution in [1.82, 2.24) is 10.6 Å². The average Bonchev–Trinajstić information content (AvgIpc) is 1.99. The third-order valence-electron chi connectivity index (χ3n) is 1.41. The van der Waals surface area contributed by atoms with Gasteiger partial charge in [-0.05, 0) is 6.42 Å². The summed E-state index contributed by atoms with van der Waals surface area (Å²) in [6, 6.07) is 0. The molecule has 0 rings (SSSR count). The Labute approximate surface area is 66.3 Å². The summed E-state index contributed by atoms with van der Waals surface area (Å²) in [6.45, 7) is 1.80. The monoisotopic (exact) mass is 158 g/mol. The van der Waals surface area contributed by atoms with Gasteiger partial charge in [0.05, 0.1) is 5.57 Å². The maximum absolute atomic E-state index is 10.6. The van der Waals surface area contributed by atoms with Crippen molar-refractivity contribution in [3.63, 3.8) is 0 Å². The first-order valence-electron chi connectivity index (χ1n) is 3.49. The van der Waals surface area contributed by atoms with Crippen LogP contribution in [-0.2, 0) is 4.79 Å². The molecule has 3 N–H and O–H groups in total. The van der Waals surface area contributed by atoms with Crippen molar-refractivity contribution >= 4 is 5.97 Å². The molecule has 4 nitrogen and oxygen atoms in total. The Hall–Kier alpha value is -1.19. The molecule has 0 aliphatic heterocycles. The van der Waals surface area contributed by atoms with E-state index in [0.29, 0.717) is 17.8 Å². The van der Waals surface area contributed by atoms with Gasteiger partial charge in [-0.2, -0.15) is 0 Å². The van der Waals surface area contributed by atoms with E-state index < -0.39 is 5.97 Å².